The highest BCUT2D eigenvalue weighted by molar-refractivity contribution is 6.15. The Morgan fingerprint density at radius 2 is 0.617 bits per heavy atom. The summed E-state index contributed by atoms with van der Waals surface area (Å²) in [6, 6.07) is 76.5. The van der Waals surface area contributed by atoms with Crippen molar-refractivity contribution in [2.45, 2.75) is 0 Å². The van der Waals surface area contributed by atoms with Gasteiger partial charge in [-0.15, -0.1) is 0 Å². The molecule has 4 nitrogen and oxygen atoms in total. The van der Waals surface area contributed by atoms with Crippen LogP contribution < -0.4 is 0 Å². The first kappa shape index (κ1) is 35.1. The first-order valence-electron chi connectivity index (χ1n) is 20.2. The van der Waals surface area contributed by atoms with Crippen LogP contribution >= 0.6 is 0 Å². The summed E-state index contributed by atoms with van der Waals surface area (Å²) in [5.74, 6) is 1.90. The van der Waals surface area contributed by atoms with Gasteiger partial charge >= 0.3 is 0 Å². The molecular formula is C56H36N4. The van der Waals surface area contributed by atoms with Crippen LogP contribution in [0.5, 0.6) is 0 Å². The van der Waals surface area contributed by atoms with Crippen LogP contribution in [0.1, 0.15) is 0 Å². The Bertz CT molecular complexity index is 3340. The average Bonchev–Trinajstić information content (AvgIpc) is 3.34. The minimum atomic E-state index is 0.629. The van der Waals surface area contributed by atoms with Crippen LogP contribution in [0, 0.1) is 0 Å². The second-order valence-corrected chi connectivity index (χ2v) is 15.1. The van der Waals surface area contributed by atoms with Crippen LogP contribution in [-0.2, 0) is 0 Å². The lowest BCUT2D eigenvalue weighted by Crippen LogP contribution is -2.00. The summed E-state index contributed by atoms with van der Waals surface area (Å²) in [5.41, 5.74) is 12.7. The van der Waals surface area contributed by atoms with Crippen molar-refractivity contribution in [3.05, 3.63) is 218 Å². The van der Waals surface area contributed by atoms with Gasteiger partial charge in [0, 0.05) is 33.0 Å². The van der Waals surface area contributed by atoms with Gasteiger partial charge in [-0.05, 0) is 79.9 Å². The van der Waals surface area contributed by atoms with Crippen molar-refractivity contribution in [1.82, 2.24) is 19.9 Å². The van der Waals surface area contributed by atoms with Crippen LogP contribution in [0.15, 0.2) is 218 Å². The topological polar surface area (TPSA) is 51.6 Å². The predicted molar refractivity (Wildman–Crippen MR) is 248 cm³/mol. The van der Waals surface area contributed by atoms with Crippen LogP contribution in [0.3, 0.4) is 0 Å². The van der Waals surface area contributed by atoms with Gasteiger partial charge in [-0.2, -0.15) is 0 Å². The van der Waals surface area contributed by atoms with E-state index in [0.717, 1.165) is 66.7 Å². The molecule has 280 valence electrons. The maximum absolute atomic E-state index is 5.25. The third-order valence-electron chi connectivity index (χ3n) is 11.3. The smallest absolute Gasteiger partial charge is 0.164 e. The number of aromatic nitrogens is 4. The predicted octanol–water partition coefficient (Wildman–Crippen LogP) is 14.4. The number of benzene rings is 9. The van der Waals surface area contributed by atoms with Gasteiger partial charge in [-0.1, -0.05) is 188 Å². The molecule has 0 unspecified atom stereocenters. The maximum atomic E-state index is 5.25. The van der Waals surface area contributed by atoms with Gasteiger partial charge in [-0.3, -0.25) is 0 Å². The van der Waals surface area contributed by atoms with Gasteiger partial charge in [0.2, 0.25) is 0 Å². The summed E-state index contributed by atoms with van der Waals surface area (Å²) < 4.78 is 0. The van der Waals surface area contributed by atoms with E-state index in [9.17, 15) is 0 Å². The number of hydrogen-bond donors (Lipinski definition) is 0. The summed E-state index contributed by atoms with van der Waals surface area (Å²) >= 11 is 0. The number of fused-ring (bicyclic) bond motifs is 4. The largest absolute Gasteiger partial charge is 0.247 e. The highest BCUT2D eigenvalue weighted by atomic mass is 15.0. The highest BCUT2D eigenvalue weighted by Gasteiger charge is 2.15. The Balaban J connectivity index is 0.929. The van der Waals surface area contributed by atoms with E-state index >= 15 is 0 Å². The van der Waals surface area contributed by atoms with Gasteiger partial charge in [0.15, 0.2) is 17.5 Å². The summed E-state index contributed by atoms with van der Waals surface area (Å²) in [7, 11) is 0. The Labute approximate surface area is 348 Å². The lowest BCUT2D eigenvalue weighted by atomic mass is 9.94. The van der Waals surface area contributed by atoms with E-state index in [-0.39, 0.29) is 0 Å². The summed E-state index contributed by atoms with van der Waals surface area (Å²) in [4.78, 5) is 20.3. The minimum absolute atomic E-state index is 0.629. The molecule has 11 rings (SSSR count). The molecule has 0 bridgehead atoms. The van der Waals surface area contributed by atoms with Crippen molar-refractivity contribution in [2.75, 3.05) is 0 Å². The van der Waals surface area contributed by atoms with Crippen molar-refractivity contribution in [1.29, 1.82) is 0 Å². The van der Waals surface area contributed by atoms with Gasteiger partial charge in [0.25, 0.3) is 0 Å². The van der Waals surface area contributed by atoms with Gasteiger partial charge in [-0.25, -0.2) is 19.9 Å². The lowest BCUT2D eigenvalue weighted by molar-refractivity contribution is 1.07. The zero-order chi connectivity index (χ0) is 39.8. The first-order valence-corrected chi connectivity index (χ1v) is 20.2. The Morgan fingerprint density at radius 3 is 1.25 bits per heavy atom. The second kappa shape index (κ2) is 15.0. The van der Waals surface area contributed by atoms with Gasteiger partial charge in [0.1, 0.15) is 0 Å². The molecule has 0 fully saturated rings. The van der Waals surface area contributed by atoms with Crippen molar-refractivity contribution < 1.29 is 0 Å². The van der Waals surface area contributed by atoms with E-state index in [2.05, 4.69) is 182 Å². The van der Waals surface area contributed by atoms with Crippen LogP contribution in [0.2, 0.25) is 0 Å². The van der Waals surface area contributed by atoms with Crippen LogP contribution in [0.25, 0.3) is 111 Å². The molecule has 0 radical (unpaired) electrons. The normalized spacial score (nSPS) is 11.3. The molecule has 2 aromatic heterocycles. The zero-order valence-corrected chi connectivity index (χ0v) is 32.6. The monoisotopic (exact) mass is 764 g/mol. The van der Waals surface area contributed by atoms with Crippen molar-refractivity contribution in [3.63, 3.8) is 0 Å². The molecule has 2 heterocycles. The maximum Gasteiger partial charge on any atom is 0.164 e. The molecule has 4 heteroatoms. The fourth-order valence-electron chi connectivity index (χ4n) is 8.19. The summed E-state index contributed by atoms with van der Waals surface area (Å²) in [6.07, 6.45) is 0. The number of nitrogens with zero attached hydrogens (tertiary/aromatic N) is 4. The zero-order valence-electron chi connectivity index (χ0n) is 32.6. The van der Waals surface area contributed by atoms with Crippen molar-refractivity contribution in [2.24, 2.45) is 0 Å². The Kier molecular flexibility index (Phi) is 8.79. The molecule has 11 aromatic rings. The van der Waals surface area contributed by atoms with E-state index in [1.54, 1.807) is 0 Å². The third-order valence-corrected chi connectivity index (χ3v) is 11.3. The molecule has 0 aliphatic heterocycles. The second-order valence-electron chi connectivity index (χ2n) is 15.1. The molecule has 0 saturated carbocycles. The number of para-hydroxylation sites is 1. The van der Waals surface area contributed by atoms with Crippen LogP contribution in [0.4, 0.5) is 0 Å². The van der Waals surface area contributed by atoms with E-state index in [0.29, 0.717) is 17.5 Å². The third kappa shape index (κ3) is 6.66. The number of rotatable bonds is 7. The molecule has 0 saturated heterocycles. The summed E-state index contributed by atoms with van der Waals surface area (Å²) in [6.45, 7) is 0. The number of hydrogen-bond acceptors (Lipinski definition) is 4. The Morgan fingerprint density at radius 1 is 0.217 bits per heavy atom. The highest BCUT2D eigenvalue weighted by Crippen LogP contribution is 2.37. The van der Waals surface area contributed by atoms with Crippen molar-refractivity contribution >= 4 is 32.4 Å². The molecule has 0 N–H and O–H groups in total. The lowest BCUT2D eigenvalue weighted by Gasteiger charge is -2.13. The van der Waals surface area contributed by atoms with E-state index in [1.165, 1.54) is 27.1 Å². The quantitative estimate of drug-likeness (QED) is 0.120. The molecule has 0 aliphatic rings. The molecular weight excluding hydrogens is 729 g/mol. The molecule has 0 spiro atoms. The molecule has 9 aromatic carbocycles. The molecule has 60 heavy (non-hydrogen) atoms. The van der Waals surface area contributed by atoms with E-state index in [4.69, 9.17) is 19.9 Å². The summed E-state index contributed by atoms with van der Waals surface area (Å²) in [5, 5.41) is 5.97. The SMILES string of the molecule is c1ccc(-c2ccc(-c3nc(-c4ccccc4)nc(-c4cccc(-c5ccc(-c6cccc(-c7nc8ccccc8c8cc9ccccc9cc78)c6)cc5)c4)n3)cc2)cc1. The first-order chi connectivity index (χ1) is 29.7. The average molecular weight is 765 g/mol. The molecule has 0 aliphatic carbocycles. The number of pyridine rings is 1. The van der Waals surface area contributed by atoms with E-state index in [1.807, 2.05) is 36.4 Å². The molecule has 0 atom stereocenters. The van der Waals surface area contributed by atoms with Gasteiger partial charge in [0.05, 0.1) is 11.2 Å². The standard InChI is InChI=1S/C56H36N4/c1-3-13-37(14-4-1)38-29-31-42(32-30-38)55-58-54(41-15-5-2-6-16-41)59-56(60-55)48-22-12-20-44(34-48)40-27-25-39(26-28-40)43-19-11-21-47(33-43)53-51-36-46-18-8-7-17-45(46)35-50(51)49-23-9-10-24-52(49)57-53/h1-36H. The van der Waals surface area contributed by atoms with Crippen LogP contribution in [-0.4, -0.2) is 19.9 Å². The van der Waals surface area contributed by atoms with Crippen molar-refractivity contribution in [3.8, 4) is 78.8 Å². The fourth-order valence-corrected chi connectivity index (χ4v) is 8.19. The molecule has 0 amide bonds. The van der Waals surface area contributed by atoms with Gasteiger partial charge < -0.3 is 0 Å². The Hall–Kier alpha value is -8.08. The van der Waals surface area contributed by atoms with E-state index < -0.39 is 0 Å². The fraction of sp³-hybridized carbons (Fsp3) is 0. The minimum Gasteiger partial charge on any atom is -0.247 e.